The van der Waals surface area contributed by atoms with Crippen LogP contribution in [0.5, 0.6) is 0 Å². The summed E-state index contributed by atoms with van der Waals surface area (Å²) in [7, 11) is 0. The van der Waals surface area contributed by atoms with E-state index >= 15 is 0 Å². The third-order valence-corrected chi connectivity index (χ3v) is 3.66. The van der Waals surface area contributed by atoms with E-state index in [2.05, 4.69) is 34.4 Å². The fourth-order valence-corrected chi connectivity index (χ4v) is 2.15. The molecule has 0 aliphatic rings. The first-order chi connectivity index (χ1) is 11.1. The second kappa shape index (κ2) is 8.48. The molecule has 122 valence electrons. The van der Waals surface area contributed by atoms with Gasteiger partial charge in [-0.25, -0.2) is 9.97 Å². The highest BCUT2D eigenvalue weighted by Crippen LogP contribution is 2.14. The van der Waals surface area contributed by atoms with Crippen LogP contribution in [0.4, 0.5) is 5.95 Å². The molecule has 23 heavy (non-hydrogen) atoms. The van der Waals surface area contributed by atoms with E-state index in [0.29, 0.717) is 29.1 Å². The molecule has 0 saturated carbocycles. The highest BCUT2D eigenvalue weighted by atomic mass is 35.5. The number of hydrogen-bond acceptors (Lipinski definition) is 4. The highest BCUT2D eigenvalue weighted by molar-refractivity contribution is 6.31. The smallest absolute Gasteiger partial charge is 0.270 e. The molecule has 5 nitrogen and oxygen atoms in total. The van der Waals surface area contributed by atoms with Crippen molar-refractivity contribution in [2.45, 2.75) is 26.8 Å². The Kier molecular flexibility index (Phi) is 6.35. The Balaban J connectivity index is 1.93. The van der Waals surface area contributed by atoms with E-state index in [0.717, 1.165) is 18.5 Å². The van der Waals surface area contributed by atoms with Gasteiger partial charge < -0.3 is 10.6 Å². The molecule has 0 radical (unpaired) electrons. The summed E-state index contributed by atoms with van der Waals surface area (Å²) in [4.78, 5) is 20.6. The summed E-state index contributed by atoms with van der Waals surface area (Å²) in [6.45, 7) is 5.45. The van der Waals surface area contributed by atoms with Crippen LogP contribution in [0.2, 0.25) is 5.02 Å². The van der Waals surface area contributed by atoms with Gasteiger partial charge in [-0.15, -0.1) is 0 Å². The van der Waals surface area contributed by atoms with Gasteiger partial charge in [0.05, 0.1) is 0 Å². The van der Waals surface area contributed by atoms with E-state index in [1.165, 1.54) is 0 Å². The monoisotopic (exact) mass is 332 g/mol. The zero-order valence-corrected chi connectivity index (χ0v) is 14.1. The van der Waals surface area contributed by atoms with Crippen LogP contribution in [-0.2, 0) is 6.54 Å². The van der Waals surface area contributed by atoms with Crippen molar-refractivity contribution < 1.29 is 4.79 Å². The minimum absolute atomic E-state index is 0.251. The first kappa shape index (κ1) is 17.2. The van der Waals surface area contributed by atoms with Gasteiger partial charge in [-0.1, -0.05) is 43.6 Å². The van der Waals surface area contributed by atoms with E-state index in [9.17, 15) is 4.79 Å². The summed E-state index contributed by atoms with van der Waals surface area (Å²) < 4.78 is 0. The molecule has 0 fully saturated rings. The third-order valence-electron chi connectivity index (χ3n) is 3.29. The summed E-state index contributed by atoms with van der Waals surface area (Å²) in [6, 6.07) is 9.00. The molecular formula is C17H21ClN4O. The van der Waals surface area contributed by atoms with Gasteiger partial charge in [-0.05, 0) is 30.0 Å². The van der Waals surface area contributed by atoms with Gasteiger partial charge in [-0.2, -0.15) is 0 Å². The lowest BCUT2D eigenvalue weighted by Gasteiger charge is -2.09. The molecule has 0 bridgehead atoms. The summed E-state index contributed by atoms with van der Waals surface area (Å²) in [5.74, 6) is 0.819. The number of nitrogens with zero attached hydrogens (tertiary/aromatic N) is 2. The maximum atomic E-state index is 12.2. The van der Waals surface area contributed by atoms with Crippen molar-refractivity contribution in [1.82, 2.24) is 15.3 Å². The third kappa shape index (κ3) is 5.53. The minimum atomic E-state index is -0.251. The van der Waals surface area contributed by atoms with Gasteiger partial charge in [0.2, 0.25) is 5.95 Å². The van der Waals surface area contributed by atoms with E-state index < -0.39 is 0 Å². The fourth-order valence-electron chi connectivity index (χ4n) is 1.95. The first-order valence-corrected chi connectivity index (χ1v) is 8.02. The molecule has 1 aromatic heterocycles. The minimum Gasteiger partial charge on any atom is -0.354 e. The molecule has 0 unspecified atom stereocenters. The average molecular weight is 333 g/mol. The Morgan fingerprint density at radius 1 is 1.26 bits per heavy atom. The average Bonchev–Trinajstić information content (AvgIpc) is 2.54. The van der Waals surface area contributed by atoms with Crippen molar-refractivity contribution in [1.29, 1.82) is 0 Å². The number of nitrogens with one attached hydrogen (secondary N) is 2. The number of benzene rings is 1. The van der Waals surface area contributed by atoms with E-state index in [1.807, 2.05) is 18.2 Å². The van der Waals surface area contributed by atoms with Crippen molar-refractivity contribution in [3.05, 3.63) is 52.8 Å². The Morgan fingerprint density at radius 3 is 2.78 bits per heavy atom. The van der Waals surface area contributed by atoms with Gasteiger partial charge in [0.15, 0.2) is 0 Å². The number of carbonyl (C=O) groups is 1. The Bertz CT molecular complexity index is 661. The predicted molar refractivity (Wildman–Crippen MR) is 92.6 cm³/mol. The summed E-state index contributed by atoms with van der Waals surface area (Å²) in [6.07, 6.45) is 2.60. The van der Waals surface area contributed by atoms with Gasteiger partial charge in [0, 0.05) is 24.3 Å². The first-order valence-electron chi connectivity index (χ1n) is 7.65. The van der Waals surface area contributed by atoms with Gasteiger partial charge in [0.25, 0.3) is 5.91 Å². The van der Waals surface area contributed by atoms with Gasteiger partial charge >= 0.3 is 0 Å². The molecule has 2 N–H and O–H groups in total. The van der Waals surface area contributed by atoms with Crippen LogP contribution in [-0.4, -0.2) is 22.4 Å². The molecule has 2 rings (SSSR count). The number of carbonyl (C=O) groups excluding carboxylic acids is 1. The van der Waals surface area contributed by atoms with Gasteiger partial charge in [-0.3, -0.25) is 4.79 Å². The number of rotatable bonds is 7. The molecule has 0 atom stereocenters. The van der Waals surface area contributed by atoms with Crippen LogP contribution < -0.4 is 10.6 Å². The lowest BCUT2D eigenvalue weighted by molar-refractivity contribution is 0.0946. The molecule has 0 aliphatic heterocycles. The Morgan fingerprint density at radius 2 is 2.04 bits per heavy atom. The van der Waals surface area contributed by atoms with Crippen LogP contribution in [0.15, 0.2) is 36.5 Å². The maximum Gasteiger partial charge on any atom is 0.270 e. The second-order valence-corrected chi connectivity index (χ2v) is 6.06. The predicted octanol–water partition coefficient (Wildman–Crippen LogP) is 3.52. The van der Waals surface area contributed by atoms with Crippen molar-refractivity contribution in [3.63, 3.8) is 0 Å². The largest absolute Gasteiger partial charge is 0.354 e. The second-order valence-electron chi connectivity index (χ2n) is 5.65. The molecule has 1 aromatic carbocycles. The van der Waals surface area contributed by atoms with Crippen LogP contribution in [0.3, 0.4) is 0 Å². The topological polar surface area (TPSA) is 66.9 Å². The Hall–Kier alpha value is -2.14. The van der Waals surface area contributed by atoms with E-state index in [4.69, 9.17) is 11.6 Å². The van der Waals surface area contributed by atoms with Crippen LogP contribution in [0, 0.1) is 5.92 Å². The molecule has 0 spiro atoms. The zero-order valence-electron chi connectivity index (χ0n) is 13.3. The fraction of sp³-hybridized carbons (Fsp3) is 0.353. The highest BCUT2D eigenvalue weighted by Gasteiger charge is 2.09. The summed E-state index contributed by atoms with van der Waals surface area (Å²) in [5.41, 5.74) is 1.20. The van der Waals surface area contributed by atoms with Crippen molar-refractivity contribution in [2.24, 2.45) is 5.92 Å². The van der Waals surface area contributed by atoms with Crippen molar-refractivity contribution in [3.8, 4) is 0 Å². The molecule has 6 heteroatoms. The molecule has 2 aromatic rings. The standard InChI is InChI=1S/C17H21ClN4O/c1-12(2)7-9-19-17-20-10-8-15(22-17)16(23)21-11-13-5-3-4-6-14(13)18/h3-6,8,10,12H,7,9,11H2,1-2H3,(H,21,23)(H,19,20,22). The molecular weight excluding hydrogens is 312 g/mol. The van der Waals surface area contributed by atoms with E-state index in [1.54, 1.807) is 18.3 Å². The summed E-state index contributed by atoms with van der Waals surface area (Å²) >= 11 is 6.07. The maximum absolute atomic E-state index is 12.2. The number of hydrogen-bond donors (Lipinski definition) is 2. The van der Waals surface area contributed by atoms with Crippen LogP contribution in [0.1, 0.15) is 36.3 Å². The van der Waals surface area contributed by atoms with E-state index in [-0.39, 0.29) is 5.91 Å². The number of halogens is 1. The van der Waals surface area contributed by atoms with Crippen LogP contribution in [0.25, 0.3) is 0 Å². The molecule has 1 heterocycles. The molecule has 0 saturated heterocycles. The zero-order chi connectivity index (χ0) is 16.7. The normalized spacial score (nSPS) is 10.6. The lowest BCUT2D eigenvalue weighted by Crippen LogP contribution is -2.24. The SMILES string of the molecule is CC(C)CCNc1nccc(C(=O)NCc2ccccc2Cl)n1. The lowest BCUT2D eigenvalue weighted by atomic mass is 10.1. The van der Waals surface area contributed by atoms with Gasteiger partial charge in [0.1, 0.15) is 5.69 Å². The number of anilines is 1. The molecule has 1 amide bonds. The summed E-state index contributed by atoms with van der Waals surface area (Å²) in [5, 5.41) is 6.58. The quantitative estimate of drug-likeness (QED) is 0.814. The Labute approximate surface area is 141 Å². The number of aromatic nitrogens is 2. The van der Waals surface area contributed by atoms with Crippen molar-refractivity contribution >= 4 is 23.5 Å². The van der Waals surface area contributed by atoms with Crippen LogP contribution >= 0.6 is 11.6 Å². The number of amides is 1. The molecule has 0 aliphatic carbocycles. The van der Waals surface area contributed by atoms with Crippen molar-refractivity contribution in [2.75, 3.05) is 11.9 Å².